The Morgan fingerprint density at radius 3 is 1.23 bits per heavy atom. The highest BCUT2D eigenvalue weighted by molar-refractivity contribution is 6.08. The fourth-order valence-corrected chi connectivity index (χ4v) is 2.29. The Morgan fingerprint density at radius 1 is 0.615 bits per heavy atom. The van der Waals surface area contributed by atoms with E-state index in [1.165, 1.54) is 13.8 Å². The predicted octanol–water partition coefficient (Wildman–Crippen LogP) is 4.56. The maximum Gasteiger partial charge on any atom is 0.193 e. The third kappa shape index (κ3) is 5.50. The van der Waals surface area contributed by atoms with Crippen molar-refractivity contribution >= 4 is 11.6 Å². The Labute approximate surface area is 153 Å². The van der Waals surface area contributed by atoms with Gasteiger partial charge >= 0.3 is 0 Å². The first-order valence-corrected chi connectivity index (χ1v) is 8.36. The maximum absolute atomic E-state index is 11.8. The van der Waals surface area contributed by atoms with Crippen LogP contribution >= 0.6 is 0 Å². The molecule has 3 heteroatoms. The maximum atomic E-state index is 11.8. The molecule has 0 amide bonds. The second-order valence-corrected chi connectivity index (χ2v) is 6.32. The average Bonchev–Trinajstić information content (AvgIpc) is 2.68. The Balaban J connectivity index is 0.000000190. The van der Waals surface area contributed by atoms with Crippen molar-refractivity contribution in [1.82, 2.24) is 0 Å². The van der Waals surface area contributed by atoms with Crippen molar-refractivity contribution in [2.45, 2.75) is 19.4 Å². The van der Waals surface area contributed by atoms with Gasteiger partial charge in [0.25, 0.3) is 0 Å². The molecule has 0 spiro atoms. The van der Waals surface area contributed by atoms with Crippen LogP contribution < -0.4 is 0 Å². The van der Waals surface area contributed by atoms with Crippen LogP contribution in [-0.2, 0) is 0 Å². The summed E-state index contributed by atoms with van der Waals surface area (Å²) in [6, 6.07) is 27.4. The van der Waals surface area contributed by atoms with Crippen molar-refractivity contribution in [1.29, 1.82) is 0 Å². The molecule has 0 heterocycles. The highest BCUT2D eigenvalue weighted by Crippen LogP contribution is 2.11. The number of benzene rings is 3. The Hall–Kier alpha value is -3.04. The van der Waals surface area contributed by atoms with Gasteiger partial charge in [-0.05, 0) is 13.8 Å². The fourth-order valence-electron chi connectivity index (χ4n) is 2.29. The summed E-state index contributed by atoms with van der Waals surface area (Å²) in [5, 5.41) is 9.39. The smallest absolute Gasteiger partial charge is 0.193 e. The Bertz CT molecular complexity index is 791. The molecule has 0 aliphatic carbocycles. The minimum atomic E-state index is -1.28. The van der Waals surface area contributed by atoms with Crippen molar-refractivity contribution < 1.29 is 14.7 Å². The van der Waals surface area contributed by atoms with Crippen LogP contribution in [0.2, 0.25) is 0 Å². The molecule has 0 atom stereocenters. The first-order chi connectivity index (χ1) is 12.4. The largest absolute Gasteiger partial charge is 0.382 e. The number of carbonyl (C=O) groups is 2. The second kappa shape index (κ2) is 8.88. The normalized spacial score (nSPS) is 10.4. The third-order valence-electron chi connectivity index (χ3n) is 3.66. The van der Waals surface area contributed by atoms with Crippen molar-refractivity contribution in [3.8, 4) is 0 Å². The number of hydrogen-bond donors (Lipinski definition) is 1. The molecule has 3 aromatic rings. The summed E-state index contributed by atoms with van der Waals surface area (Å²) in [4.78, 5) is 23.3. The summed E-state index contributed by atoms with van der Waals surface area (Å²) < 4.78 is 0. The fraction of sp³-hybridized carbons (Fsp3) is 0.130. The lowest BCUT2D eigenvalue weighted by molar-refractivity contribution is 0.0488. The van der Waals surface area contributed by atoms with Gasteiger partial charge in [0.05, 0.1) is 0 Å². The van der Waals surface area contributed by atoms with Crippen LogP contribution in [0.25, 0.3) is 0 Å². The molecule has 1 N–H and O–H groups in total. The molecular formula is C23H22O3. The van der Waals surface area contributed by atoms with Gasteiger partial charge in [-0.25, -0.2) is 0 Å². The van der Waals surface area contributed by atoms with Crippen LogP contribution in [-0.4, -0.2) is 22.3 Å². The van der Waals surface area contributed by atoms with Crippen LogP contribution in [0.5, 0.6) is 0 Å². The highest BCUT2D eigenvalue weighted by atomic mass is 16.3. The van der Waals surface area contributed by atoms with Crippen molar-refractivity contribution in [2.24, 2.45) is 0 Å². The summed E-state index contributed by atoms with van der Waals surface area (Å²) in [7, 11) is 0. The minimum absolute atomic E-state index is 0.0752. The minimum Gasteiger partial charge on any atom is -0.382 e. The van der Waals surface area contributed by atoms with E-state index in [-0.39, 0.29) is 11.6 Å². The van der Waals surface area contributed by atoms with Gasteiger partial charge < -0.3 is 5.11 Å². The SMILES string of the molecule is CC(C)(O)C(=O)c1ccccc1.O=C(c1ccccc1)c1ccccc1. The molecule has 132 valence electrons. The molecule has 3 aromatic carbocycles. The van der Waals surface area contributed by atoms with E-state index in [2.05, 4.69) is 0 Å². The van der Waals surface area contributed by atoms with E-state index in [1.807, 2.05) is 66.7 Å². The summed E-state index contributed by atoms with van der Waals surface area (Å²) in [6.07, 6.45) is 0. The number of carbonyl (C=O) groups excluding carboxylic acids is 2. The van der Waals surface area contributed by atoms with E-state index in [0.717, 1.165) is 11.1 Å². The van der Waals surface area contributed by atoms with E-state index in [1.54, 1.807) is 24.3 Å². The zero-order valence-electron chi connectivity index (χ0n) is 14.9. The average molecular weight is 346 g/mol. The predicted molar refractivity (Wildman–Crippen MR) is 103 cm³/mol. The van der Waals surface area contributed by atoms with E-state index >= 15 is 0 Å². The zero-order valence-corrected chi connectivity index (χ0v) is 14.9. The van der Waals surface area contributed by atoms with Crippen LogP contribution in [0.3, 0.4) is 0 Å². The Morgan fingerprint density at radius 2 is 0.923 bits per heavy atom. The van der Waals surface area contributed by atoms with Crippen LogP contribution in [0, 0.1) is 0 Å². The van der Waals surface area contributed by atoms with Gasteiger partial charge in [0, 0.05) is 16.7 Å². The van der Waals surface area contributed by atoms with Crippen LogP contribution in [0.15, 0.2) is 91.0 Å². The van der Waals surface area contributed by atoms with E-state index in [4.69, 9.17) is 0 Å². The summed E-state index contributed by atoms with van der Waals surface area (Å²) in [6.45, 7) is 2.98. The van der Waals surface area contributed by atoms with Gasteiger partial charge in [0.2, 0.25) is 0 Å². The standard InChI is InChI=1S/C13H10O.C10H12O2/c14-13(11-7-3-1-4-8-11)12-9-5-2-6-10-12;1-10(2,12)9(11)8-6-4-3-5-7-8/h1-10H;3-7,12H,1-2H3. The molecule has 3 nitrogen and oxygen atoms in total. The van der Waals surface area contributed by atoms with Crippen molar-refractivity contribution in [2.75, 3.05) is 0 Å². The molecule has 3 rings (SSSR count). The zero-order chi connectivity index (χ0) is 19.0. The van der Waals surface area contributed by atoms with E-state index in [0.29, 0.717) is 5.56 Å². The highest BCUT2D eigenvalue weighted by Gasteiger charge is 2.24. The number of rotatable bonds is 4. The first-order valence-electron chi connectivity index (χ1n) is 8.36. The van der Waals surface area contributed by atoms with Gasteiger partial charge in [0.1, 0.15) is 5.60 Å². The van der Waals surface area contributed by atoms with Gasteiger partial charge in [0.15, 0.2) is 11.6 Å². The van der Waals surface area contributed by atoms with Gasteiger partial charge in [-0.15, -0.1) is 0 Å². The van der Waals surface area contributed by atoms with Crippen molar-refractivity contribution in [3.05, 3.63) is 108 Å². The second-order valence-electron chi connectivity index (χ2n) is 6.32. The van der Waals surface area contributed by atoms with E-state index < -0.39 is 5.60 Å². The monoisotopic (exact) mass is 346 g/mol. The molecule has 0 aliphatic rings. The number of ketones is 2. The molecule has 0 saturated heterocycles. The molecular weight excluding hydrogens is 324 g/mol. The summed E-state index contributed by atoms with van der Waals surface area (Å²) in [5.74, 6) is -0.172. The summed E-state index contributed by atoms with van der Waals surface area (Å²) >= 11 is 0. The van der Waals surface area contributed by atoms with Gasteiger partial charge in [-0.3, -0.25) is 9.59 Å². The lowest BCUT2D eigenvalue weighted by Crippen LogP contribution is -2.30. The molecule has 26 heavy (non-hydrogen) atoms. The third-order valence-corrected chi connectivity index (χ3v) is 3.66. The molecule has 0 aliphatic heterocycles. The molecule has 0 unspecified atom stereocenters. The topological polar surface area (TPSA) is 54.4 Å². The molecule has 0 bridgehead atoms. The van der Waals surface area contributed by atoms with Crippen LogP contribution in [0.4, 0.5) is 0 Å². The Kier molecular flexibility index (Phi) is 6.59. The van der Waals surface area contributed by atoms with Gasteiger partial charge in [-0.1, -0.05) is 91.0 Å². The molecule has 0 aromatic heterocycles. The number of Topliss-reactive ketones (excluding diaryl/α,β-unsaturated/α-hetero) is 1. The lowest BCUT2D eigenvalue weighted by atomic mass is 9.97. The number of hydrogen-bond acceptors (Lipinski definition) is 3. The molecule has 0 fully saturated rings. The molecule has 0 saturated carbocycles. The van der Waals surface area contributed by atoms with E-state index in [9.17, 15) is 14.7 Å². The van der Waals surface area contributed by atoms with Crippen molar-refractivity contribution in [3.63, 3.8) is 0 Å². The first kappa shape index (κ1) is 19.3. The quantitative estimate of drug-likeness (QED) is 0.705. The van der Waals surface area contributed by atoms with Gasteiger partial charge in [-0.2, -0.15) is 0 Å². The summed E-state index contributed by atoms with van der Waals surface area (Å²) in [5.41, 5.74) is 0.740. The van der Waals surface area contributed by atoms with Crippen LogP contribution in [0.1, 0.15) is 40.1 Å². The molecule has 0 radical (unpaired) electrons. The lowest BCUT2D eigenvalue weighted by Gasteiger charge is -2.14. The number of aliphatic hydroxyl groups is 1.